The fourth-order valence-corrected chi connectivity index (χ4v) is 9.76. The fraction of sp³-hybridized carbons (Fsp3) is 0.788. The first kappa shape index (κ1) is 88.5. The number of carbonyl (C=O) groups is 14. The van der Waals surface area contributed by atoms with Crippen LogP contribution in [0.15, 0.2) is 0 Å². The van der Waals surface area contributed by atoms with E-state index in [9.17, 15) is 77.3 Å². The SMILES string of the molecule is CCC(=O)OC1[C@H](OC(=O)CC)C(CO)O[C@H](O[C@H]2OC(CO)[C@@H](OC(=O)CC)[C@H](OC(=O)CC)C2OC(=O)CC)[C@@H]1OC(=O)CC.CCC(=O)OCC1O[C@H](O[C@H]2OC(COC(=O)CC)[C@@H](OC(=O)CC)[C@H](OC(=O)CC)C2OC(=O)CC)[C@H](OC(=O)CC)C(OC(=O)CC)[C@@H]1OC(=O)CC. The number of aliphatic hydroxyl groups excluding tert-OH is 2. The van der Waals surface area contributed by atoms with Crippen LogP contribution in [0.25, 0.3) is 0 Å². The first-order valence-electron chi connectivity index (χ1n) is 34.4. The Labute approximate surface area is 590 Å². The lowest BCUT2D eigenvalue weighted by Crippen LogP contribution is -2.67. The van der Waals surface area contributed by atoms with E-state index in [0.29, 0.717) is 0 Å². The molecule has 0 saturated carbocycles. The van der Waals surface area contributed by atoms with E-state index in [2.05, 4.69) is 0 Å². The molecule has 0 aromatic rings. The van der Waals surface area contributed by atoms with E-state index in [4.69, 9.17) is 94.7 Å². The predicted molar refractivity (Wildman–Crippen MR) is 336 cm³/mol. The molecule has 102 heavy (non-hydrogen) atoms. The van der Waals surface area contributed by atoms with Crippen molar-refractivity contribution in [2.24, 2.45) is 0 Å². The molecular formula is C66H100O36. The molecule has 0 aromatic carbocycles. The first-order chi connectivity index (χ1) is 48.6. The van der Waals surface area contributed by atoms with Gasteiger partial charge in [-0.25, -0.2) is 0 Å². The molecule has 0 aromatic heterocycles. The highest BCUT2D eigenvalue weighted by molar-refractivity contribution is 5.75. The first-order valence-corrected chi connectivity index (χ1v) is 34.4. The Morgan fingerprint density at radius 1 is 0.216 bits per heavy atom. The summed E-state index contributed by atoms with van der Waals surface area (Å²) in [6.45, 7) is 18.3. The molecule has 0 aliphatic carbocycles. The van der Waals surface area contributed by atoms with Crippen molar-refractivity contribution in [3.05, 3.63) is 0 Å². The van der Waals surface area contributed by atoms with Crippen LogP contribution in [0.3, 0.4) is 0 Å². The maximum atomic E-state index is 12.9. The number of esters is 14. The zero-order chi connectivity index (χ0) is 76.5. The molecule has 0 amide bonds. The van der Waals surface area contributed by atoms with Crippen LogP contribution < -0.4 is 0 Å². The summed E-state index contributed by atoms with van der Waals surface area (Å²) >= 11 is 0. The molecule has 4 aliphatic heterocycles. The van der Waals surface area contributed by atoms with Gasteiger partial charge in [-0.2, -0.15) is 0 Å². The molecule has 0 bridgehead atoms. The molecule has 0 spiro atoms. The molecule has 580 valence electrons. The van der Waals surface area contributed by atoms with E-state index in [0.717, 1.165) is 0 Å². The summed E-state index contributed by atoms with van der Waals surface area (Å²) in [5.74, 6) is -10.8. The highest BCUT2D eigenvalue weighted by Crippen LogP contribution is 2.38. The van der Waals surface area contributed by atoms with Gasteiger partial charge in [0.25, 0.3) is 0 Å². The number of hydrogen-bond donors (Lipinski definition) is 2. The summed E-state index contributed by atoms with van der Waals surface area (Å²) < 4.78 is 114. The van der Waals surface area contributed by atoms with Gasteiger partial charge >= 0.3 is 83.6 Å². The second-order valence-electron chi connectivity index (χ2n) is 22.6. The van der Waals surface area contributed by atoms with E-state index in [1.807, 2.05) is 0 Å². The van der Waals surface area contributed by atoms with Gasteiger partial charge in [0.1, 0.15) is 37.6 Å². The highest BCUT2D eigenvalue weighted by atomic mass is 16.8. The van der Waals surface area contributed by atoms with Crippen molar-refractivity contribution in [3.63, 3.8) is 0 Å². The number of aliphatic hydroxyl groups is 2. The molecule has 36 heteroatoms. The Bertz CT molecular complexity index is 2590. The summed E-state index contributed by atoms with van der Waals surface area (Å²) in [5.41, 5.74) is 0. The molecule has 4 heterocycles. The van der Waals surface area contributed by atoms with Crippen LogP contribution in [-0.2, 0) is 162 Å². The lowest BCUT2D eigenvalue weighted by atomic mass is 9.96. The van der Waals surface area contributed by atoms with Crippen LogP contribution >= 0.6 is 0 Å². The Balaban J connectivity index is 0.000000537. The molecule has 2 N–H and O–H groups in total. The second-order valence-corrected chi connectivity index (χ2v) is 22.6. The van der Waals surface area contributed by atoms with Crippen molar-refractivity contribution in [3.8, 4) is 0 Å². The summed E-state index contributed by atoms with van der Waals surface area (Å²) in [4.78, 5) is 176. The van der Waals surface area contributed by atoms with Gasteiger partial charge in [-0.3, -0.25) is 67.1 Å². The fourth-order valence-electron chi connectivity index (χ4n) is 9.76. The summed E-state index contributed by atoms with van der Waals surface area (Å²) in [6.07, 6.45) is -33.7. The van der Waals surface area contributed by atoms with Crippen molar-refractivity contribution >= 4 is 83.6 Å². The molecule has 36 nitrogen and oxygen atoms in total. The van der Waals surface area contributed by atoms with E-state index >= 15 is 0 Å². The van der Waals surface area contributed by atoms with Gasteiger partial charge in [-0.1, -0.05) is 96.9 Å². The number of carbonyl (C=O) groups excluding carboxylic acids is 14. The second kappa shape index (κ2) is 45.4. The Morgan fingerprint density at radius 2 is 0.363 bits per heavy atom. The lowest BCUT2D eigenvalue weighted by Gasteiger charge is -2.48. The Kier molecular flexibility index (Phi) is 39.4. The van der Waals surface area contributed by atoms with E-state index in [1.165, 1.54) is 96.9 Å². The van der Waals surface area contributed by atoms with Gasteiger partial charge in [0.05, 0.1) is 13.2 Å². The zero-order valence-electron chi connectivity index (χ0n) is 60.0. The molecule has 4 fully saturated rings. The average molecular weight is 1470 g/mol. The maximum absolute atomic E-state index is 12.9. The van der Waals surface area contributed by atoms with Gasteiger partial charge in [0.15, 0.2) is 73.2 Å². The number of hydrogen-bond acceptors (Lipinski definition) is 36. The third kappa shape index (κ3) is 26.5. The normalized spacial score (nSPS) is 28.8. The van der Waals surface area contributed by atoms with Crippen molar-refractivity contribution in [2.45, 2.75) is 310 Å². The number of ether oxygens (including phenoxy) is 20. The Morgan fingerprint density at radius 3 is 0.529 bits per heavy atom. The van der Waals surface area contributed by atoms with E-state index in [-0.39, 0.29) is 89.9 Å². The van der Waals surface area contributed by atoms with Crippen LogP contribution in [0, 0.1) is 0 Å². The van der Waals surface area contributed by atoms with Crippen molar-refractivity contribution < 1.29 is 172 Å². The van der Waals surface area contributed by atoms with Gasteiger partial charge in [-0.05, 0) is 0 Å². The molecule has 8 unspecified atom stereocenters. The van der Waals surface area contributed by atoms with Crippen molar-refractivity contribution in [1.82, 2.24) is 0 Å². The van der Waals surface area contributed by atoms with Crippen molar-refractivity contribution in [2.75, 3.05) is 26.4 Å². The molecule has 4 saturated heterocycles. The lowest BCUT2D eigenvalue weighted by molar-refractivity contribution is -0.378. The van der Waals surface area contributed by atoms with Crippen LogP contribution in [-0.4, -0.2) is 243 Å². The minimum absolute atomic E-state index is 0.0386. The van der Waals surface area contributed by atoms with Crippen molar-refractivity contribution in [1.29, 1.82) is 0 Å². The van der Waals surface area contributed by atoms with Crippen LogP contribution in [0.2, 0.25) is 0 Å². The minimum atomic E-state index is -1.84. The van der Waals surface area contributed by atoms with Crippen LogP contribution in [0.4, 0.5) is 0 Å². The monoisotopic (exact) mass is 1470 g/mol. The predicted octanol–water partition coefficient (Wildman–Crippen LogP) is 2.66. The molecule has 4 rings (SSSR count). The number of rotatable bonds is 36. The van der Waals surface area contributed by atoms with Crippen LogP contribution in [0.1, 0.15) is 187 Å². The third-order valence-corrected chi connectivity index (χ3v) is 15.3. The summed E-state index contributed by atoms with van der Waals surface area (Å²) in [6, 6.07) is 0. The molecule has 0 radical (unpaired) electrons. The standard InChI is InChI=1S/C36H54O19.C30H46O17/c1-9-21(37)45-17-19-29(49-23(39)11-3)31(51-25(41)13-5)33(53-27(43)15-7)35(47-19)55-36-34(54-28(44)16-8)32(52-26(42)14-6)30(50-24(40)12-4)20(48-36)18-46-22(38)10-2;1-7-17(33)41-23-15(13-31)39-29(27(45-21(37)11-5)25(23)43-19(35)9-3)47-30-28(46-22(38)12-6)26(44-20(36)10-4)24(16(14-32)40-30)42-18(34)8-2/h19-20,29-36H,9-18H2,1-8H3;15-16,23-32H,7-14H2,1-6H3/t19?,20?,29-,30-,31+,32?,33?,34-,35-,36-;15?,16?,23-,24-,25+,26?,27?,28-,29-,30-/m11/s1. The third-order valence-electron chi connectivity index (χ3n) is 15.3. The smallest absolute Gasteiger partial charge is 0.306 e. The topological polar surface area (TPSA) is 464 Å². The molecule has 20 atom stereocenters. The molecular weight excluding hydrogens is 1370 g/mol. The molecule has 4 aliphatic rings. The zero-order valence-corrected chi connectivity index (χ0v) is 60.0. The van der Waals surface area contributed by atoms with E-state index < -0.39 is 233 Å². The summed E-state index contributed by atoms with van der Waals surface area (Å²) in [5, 5.41) is 20.5. The minimum Gasteiger partial charge on any atom is -0.463 e. The van der Waals surface area contributed by atoms with Gasteiger partial charge in [0.2, 0.25) is 25.2 Å². The Hall–Kier alpha value is -7.74. The van der Waals surface area contributed by atoms with Gasteiger partial charge < -0.3 is 105 Å². The average Bonchev–Trinajstić information content (AvgIpc) is 0.774. The highest BCUT2D eigenvalue weighted by Gasteiger charge is 2.60. The van der Waals surface area contributed by atoms with Crippen LogP contribution in [0.5, 0.6) is 0 Å². The van der Waals surface area contributed by atoms with E-state index in [1.54, 1.807) is 0 Å². The maximum Gasteiger partial charge on any atom is 0.306 e. The quantitative estimate of drug-likeness (QED) is 0.0672. The van der Waals surface area contributed by atoms with Gasteiger partial charge in [0, 0.05) is 89.9 Å². The summed E-state index contributed by atoms with van der Waals surface area (Å²) in [7, 11) is 0. The van der Waals surface area contributed by atoms with Gasteiger partial charge in [-0.15, -0.1) is 0 Å². The largest absolute Gasteiger partial charge is 0.463 e.